The van der Waals surface area contributed by atoms with Crippen molar-refractivity contribution in [1.82, 2.24) is 36.5 Å². The number of hydroxylamine groups is 2. The molecule has 10 amide bonds. The Morgan fingerprint density at radius 2 is 1.34 bits per heavy atom. The fourth-order valence-corrected chi connectivity index (χ4v) is 6.16. The number of amides is 10. The highest BCUT2D eigenvalue weighted by Gasteiger charge is 2.35. The van der Waals surface area contributed by atoms with Gasteiger partial charge in [0.05, 0.1) is 0 Å². The number of carbonyl (C=O) groups is 10. The highest BCUT2D eigenvalue weighted by atomic mass is 16.7. The van der Waals surface area contributed by atoms with Gasteiger partial charge in [0.2, 0.25) is 29.5 Å². The fraction of sp³-hybridized carbons (Fsp3) is 0.600. The number of ether oxygens (including phenoxy) is 1. The highest BCUT2D eigenvalue weighted by molar-refractivity contribution is 6.01. The van der Waals surface area contributed by atoms with Crippen LogP contribution in [0, 0.1) is 17.8 Å². The third kappa shape index (κ3) is 16.7. The minimum atomic E-state index is -1.12. The van der Waals surface area contributed by atoms with Gasteiger partial charge in [-0.3, -0.25) is 38.5 Å². The largest absolute Gasteiger partial charge is 0.445 e. The number of benzene rings is 1. The molecule has 1 aliphatic heterocycles. The molecule has 1 fully saturated rings. The van der Waals surface area contributed by atoms with Gasteiger partial charge >= 0.3 is 18.1 Å². The number of likely N-dealkylation sites (N-methyl/N-ethyl adjacent to an activating group) is 2. The van der Waals surface area contributed by atoms with E-state index in [4.69, 9.17) is 15.3 Å². The summed E-state index contributed by atoms with van der Waals surface area (Å²) >= 11 is 0. The Bertz CT molecular complexity index is 1740. The van der Waals surface area contributed by atoms with Crippen molar-refractivity contribution in [2.75, 3.05) is 26.0 Å². The Labute approximate surface area is 355 Å². The lowest BCUT2D eigenvalue weighted by Crippen LogP contribution is -2.56. The third-order valence-corrected chi connectivity index (χ3v) is 9.53. The average Bonchev–Trinajstić information content (AvgIpc) is 3.50. The van der Waals surface area contributed by atoms with E-state index < -0.39 is 83.6 Å². The first kappa shape index (κ1) is 50.9. The van der Waals surface area contributed by atoms with E-state index in [1.807, 2.05) is 0 Å². The van der Waals surface area contributed by atoms with Gasteiger partial charge in [-0.05, 0) is 54.7 Å². The molecule has 0 bridgehead atoms. The molecule has 0 aliphatic carbocycles. The first-order valence-electron chi connectivity index (χ1n) is 20.2. The Kier molecular flexibility index (Phi) is 20.6. The van der Waals surface area contributed by atoms with Gasteiger partial charge in [0, 0.05) is 52.0 Å². The predicted molar refractivity (Wildman–Crippen MR) is 219 cm³/mol. The fourth-order valence-electron chi connectivity index (χ4n) is 6.16. The Balaban J connectivity index is 2.04. The molecule has 0 radical (unpaired) electrons. The van der Waals surface area contributed by atoms with Gasteiger partial charge in [-0.1, -0.05) is 53.7 Å². The molecule has 8 N–H and O–H groups in total. The van der Waals surface area contributed by atoms with Crippen molar-refractivity contribution in [1.29, 1.82) is 0 Å². The summed E-state index contributed by atoms with van der Waals surface area (Å²) < 4.78 is 5.48. The summed E-state index contributed by atoms with van der Waals surface area (Å²) in [6, 6.07) is 1.62. The number of hydrogen-bond donors (Lipinski definition) is 7. The number of urea groups is 1. The lowest BCUT2D eigenvalue weighted by molar-refractivity contribution is -0.197. The molecule has 0 spiro atoms. The highest BCUT2D eigenvalue weighted by Crippen LogP contribution is 2.17. The molecule has 61 heavy (non-hydrogen) atoms. The van der Waals surface area contributed by atoms with Crippen LogP contribution in [0.4, 0.5) is 15.3 Å². The summed E-state index contributed by atoms with van der Waals surface area (Å²) in [5, 5.41) is 16.1. The quantitative estimate of drug-likeness (QED) is 0.0598. The summed E-state index contributed by atoms with van der Waals surface area (Å²) in [4.78, 5) is 131. The lowest BCUT2D eigenvalue weighted by atomic mass is 9.99. The molecular weight excluding hydrogens is 798 g/mol. The second-order valence-electron chi connectivity index (χ2n) is 15.6. The van der Waals surface area contributed by atoms with E-state index in [1.54, 1.807) is 65.8 Å². The molecule has 0 saturated carbocycles. The zero-order valence-corrected chi connectivity index (χ0v) is 36.1. The van der Waals surface area contributed by atoms with Crippen LogP contribution in [0.3, 0.4) is 0 Å². The number of rotatable bonds is 23. The third-order valence-electron chi connectivity index (χ3n) is 9.53. The van der Waals surface area contributed by atoms with Crippen LogP contribution in [0.2, 0.25) is 0 Å². The molecule has 1 saturated heterocycles. The maximum atomic E-state index is 13.5. The van der Waals surface area contributed by atoms with Gasteiger partial charge in [0.15, 0.2) is 0 Å². The van der Waals surface area contributed by atoms with E-state index in [0.717, 1.165) is 0 Å². The number of carbonyl (C=O) groups excluding carboxylic acids is 10. The SMILES string of the molecule is CNC(=O)[C@@H](NC(=O)[C@H](C(C)C)N(C)C(=O)OCc1ccc(NC(=O)[C@H](CCCNC(N)=O)NC(=O)[C@@H](NC(=O)CCCC(=O)ON2C(=O)CCC2=O)C(C)C)cc1)C(C)C. The van der Waals surface area contributed by atoms with Crippen LogP contribution in [0.25, 0.3) is 0 Å². The van der Waals surface area contributed by atoms with Crippen LogP contribution in [-0.4, -0.2) is 114 Å². The Morgan fingerprint density at radius 1 is 0.754 bits per heavy atom. The van der Waals surface area contributed by atoms with Crippen LogP contribution >= 0.6 is 0 Å². The van der Waals surface area contributed by atoms with Crippen LogP contribution in [-0.2, 0) is 54.5 Å². The van der Waals surface area contributed by atoms with E-state index >= 15 is 0 Å². The zero-order valence-electron chi connectivity index (χ0n) is 36.1. The van der Waals surface area contributed by atoms with Crippen molar-refractivity contribution < 1.29 is 57.5 Å². The van der Waals surface area contributed by atoms with Crippen molar-refractivity contribution >= 4 is 65.1 Å². The van der Waals surface area contributed by atoms with E-state index in [9.17, 15) is 47.9 Å². The molecule has 21 nitrogen and oxygen atoms in total. The van der Waals surface area contributed by atoms with Crippen LogP contribution in [0.1, 0.15) is 92.1 Å². The van der Waals surface area contributed by atoms with Crippen LogP contribution < -0.4 is 37.6 Å². The van der Waals surface area contributed by atoms with Gasteiger partial charge in [0.1, 0.15) is 30.8 Å². The molecule has 0 unspecified atom stereocenters. The molecule has 4 atom stereocenters. The van der Waals surface area contributed by atoms with Crippen molar-refractivity contribution in [3.8, 4) is 0 Å². The summed E-state index contributed by atoms with van der Waals surface area (Å²) in [7, 11) is 2.90. The molecule has 0 aromatic heterocycles. The Hall–Kier alpha value is -6.28. The maximum Gasteiger partial charge on any atom is 0.410 e. The first-order valence-corrected chi connectivity index (χ1v) is 20.2. The van der Waals surface area contributed by atoms with E-state index in [0.29, 0.717) is 16.3 Å². The summed E-state index contributed by atoms with van der Waals surface area (Å²) in [6.45, 7) is 10.4. The average molecular weight is 860 g/mol. The lowest BCUT2D eigenvalue weighted by Gasteiger charge is -2.31. The van der Waals surface area contributed by atoms with Crippen molar-refractivity contribution in [3.05, 3.63) is 29.8 Å². The standard InChI is InChI=1S/C40H61N9O12/c1-22(2)32(36(55)42-7)47-38(57)34(24(5)6)48(8)40(59)60-21-25-14-16-26(17-15-25)44-35(54)27(11-10-20-43-39(41)58)45-37(56)33(23(3)4)46-28(50)12-9-13-31(53)61-49-29(51)18-19-30(49)52/h14-17,22-24,27,32-34H,9-13,18-21H2,1-8H3,(H,42,55)(H,44,54)(H,45,56)(H,46,50)(H,47,57)(H3,41,43,58)/t27-,32-,33-,34-/m0/s1. The second-order valence-corrected chi connectivity index (χ2v) is 15.6. The smallest absolute Gasteiger partial charge is 0.410 e. The number of imide groups is 1. The topological polar surface area (TPSA) is 294 Å². The molecule has 2 rings (SSSR count). The minimum absolute atomic E-state index is 0.00122. The van der Waals surface area contributed by atoms with Crippen LogP contribution in [0.5, 0.6) is 0 Å². The second kappa shape index (κ2) is 24.7. The minimum Gasteiger partial charge on any atom is -0.445 e. The predicted octanol–water partition coefficient (Wildman–Crippen LogP) is 0.957. The first-order chi connectivity index (χ1) is 28.7. The van der Waals surface area contributed by atoms with Crippen molar-refractivity contribution in [3.63, 3.8) is 0 Å². The van der Waals surface area contributed by atoms with E-state index in [1.165, 1.54) is 19.0 Å². The number of anilines is 1. The molecule has 1 aromatic rings. The summed E-state index contributed by atoms with van der Waals surface area (Å²) in [5.41, 5.74) is 6.05. The zero-order chi connectivity index (χ0) is 46.0. The summed E-state index contributed by atoms with van der Waals surface area (Å²) in [5.74, 6) is -5.78. The van der Waals surface area contributed by atoms with Crippen molar-refractivity contribution in [2.45, 2.75) is 117 Å². The van der Waals surface area contributed by atoms with E-state index in [2.05, 4.69) is 31.9 Å². The van der Waals surface area contributed by atoms with Gasteiger partial charge < -0.3 is 47.2 Å². The molecule has 1 heterocycles. The number of hydrogen-bond acceptors (Lipinski definition) is 12. The number of nitrogens with one attached hydrogen (secondary N) is 6. The van der Waals surface area contributed by atoms with Gasteiger partial charge in [-0.2, -0.15) is 0 Å². The molecule has 1 aliphatic rings. The van der Waals surface area contributed by atoms with Gasteiger partial charge in [-0.25, -0.2) is 14.4 Å². The van der Waals surface area contributed by atoms with Crippen molar-refractivity contribution in [2.24, 2.45) is 23.5 Å². The summed E-state index contributed by atoms with van der Waals surface area (Å²) in [6.07, 6.45) is -1.02. The maximum absolute atomic E-state index is 13.5. The van der Waals surface area contributed by atoms with Gasteiger partial charge in [0.25, 0.3) is 11.8 Å². The number of primary amides is 1. The van der Waals surface area contributed by atoms with Gasteiger partial charge in [-0.15, -0.1) is 5.06 Å². The number of nitrogens with zero attached hydrogens (tertiary/aromatic N) is 2. The molecule has 21 heteroatoms. The Morgan fingerprint density at radius 3 is 1.89 bits per heavy atom. The molecule has 1 aromatic carbocycles. The normalized spacial score (nSPS) is 14.4. The number of nitrogens with two attached hydrogens (primary N) is 1. The van der Waals surface area contributed by atoms with E-state index in [-0.39, 0.29) is 75.8 Å². The monoisotopic (exact) mass is 859 g/mol. The molecule has 338 valence electrons. The van der Waals surface area contributed by atoms with Crippen LogP contribution in [0.15, 0.2) is 24.3 Å². The molecular formula is C40H61N9O12.